The third-order valence-electron chi connectivity index (χ3n) is 6.57. The van der Waals surface area contributed by atoms with Gasteiger partial charge in [0, 0.05) is 35.9 Å². The Morgan fingerprint density at radius 2 is 2.06 bits per heavy atom. The summed E-state index contributed by atoms with van der Waals surface area (Å²) >= 11 is 1.56. The number of nitrogens with one attached hydrogen (secondary N) is 1. The highest BCUT2D eigenvalue weighted by Gasteiger charge is 2.54. The molecular weight excluding hydrogens is 404 g/mol. The molecule has 0 radical (unpaired) electrons. The Labute approximate surface area is 187 Å². The van der Waals surface area contributed by atoms with E-state index in [9.17, 15) is 0 Å². The maximum Gasteiger partial charge on any atom is 0.196 e. The number of hydrogen-bond donors (Lipinski definition) is 2. The fourth-order valence-corrected chi connectivity index (χ4v) is 5.50. The Morgan fingerprint density at radius 1 is 1.29 bits per heavy atom. The molecule has 3 aromatic heterocycles. The number of nitrogens with two attached hydrogens (primary N) is 1. The normalized spacial score (nSPS) is 22.5. The molecule has 0 amide bonds. The number of hydrogen-bond acceptors (Lipinski definition) is 6. The van der Waals surface area contributed by atoms with Gasteiger partial charge in [0.1, 0.15) is 11.5 Å². The molecule has 0 bridgehead atoms. The zero-order chi connectivity index (χ0) is 21.7. The van der Waals surface area contributed by atoms with Gasteiger partial charge < -0.3 is 15.6 Å². The molecule has 160 valence electrons. The number of allylic oxidation sites excluding steroid dienone is 2. The van der Waals surface area contributed by atoms with Crippen LogP contribution in [0.1, 0.15) is 29.4 Å². The molecule has 0 spiro atoms. The van der Waals surface area contributed by atoms with Crippen LogP contribution < -0.4 is 10.6 Å². The molecule has 3 N–H and O–H groups in total. The van der Waals surface area contributed by atoms with Crippen molar-refractivity contribution in [2.24, 2.45) is 17.6 Å². The van der Waals surface area contributed by atoms with Crippen LogP contribution in [0.15, 0.2) is 41.0 Å². The molecule has 1 aliphatic carbocycles. The highest BCUT2D eigenvalue weighted by molar-refractivity contribution is 7.99. The van der Waals surface area contributed by atoms with Crippen molar-refractivity contribution in [3.05, 3.63) is 53.5 Å². The highest BCUT2D eigenvalue weighted by Crippen LogP contribution is 2.46. The van der Waals surface area contributed by atoms with Crippen LogP contribution >= 0.6 is 11.8 Å². The van der Waals surface area contributed by atoms with Gasteiger partial charge in [-0.3, -0.25) is 4.98 Å². The summed E-state index contributed by atoms with van der Waals surface area (Å²) in [6.07, 6.45) is 8.45. The predicted octanol–water partition coefficient (Wildman–Crippen LogP) is 4.28. The number of nitrogens with zero attached hydrogens (tertiary/aromatic N) is 4. The SMILES string of the molecule is C=C/C=C\c1ncc(Sc2nc(N3CC4C(N)C4C3)c3c(C)c(CC)[nH]c3n2)cc1C. The van der Waals surface area contributed by atoms with Gasteiger partial charge in [0.15, 0.2) is 5.16 Å². The van der Waals surface area contributed by atoms with Gasteiger partial charge in [-0.1, -0.05) is 25.7 Å². The molecule has 2 fully saturated rings. The molecule has 2 unspecified atom stereocenters. The molecule has 6 nitrogen and oxygen atoms in total. The zero-order valence-corrected chi connectivity index (χ0v) is 19.0. The number of rotatable bonds is 6. The van der Waals surface area contributed by atoms with Crippen LogP contribution in [0.5, 0.6) is 0 Å². The number of pyridine rings is 1. The van der Waals surface area contributed by atoms with Crippen LogP contribution in [0, 0.1) is 25.7 Å². The molecule has 5 rings (SSSR count). The number of piperidine rings is 1. The molecule has 1 saturated heterocycles. The first kappa shape index (κ1) is 20.3. The number of anilines is 1. The van der Waals surface area contributed by atoms with E-state index in [2.05, 4.69) is 48.3 Å². The smallest absolute Gasteiger partial charge is 0.196 e. The lowest BCUT2D eigenvalue weighted by Crippen LogP contribution is -2.29. The lowest BCUT2D eigenvalue weighted by Gasteiger charge is -2.21. The number of H-pyrrole nitrogens is 1. The number of aromatic nitrogens is 4. The highest BCUT2D eigenvalue weighted by atomic mass is 32.2. The monoisotopic (exact) mass is 432 g/mol. The van der Waals surface area contributed by atoms with Crippen molar-refractivity contribution in [1.82, 2.24) is 19.9 Å². The van der Waals surface area contributed by atoms with Crippen LogP contribution in [-0.4, -0.2) is 39.1 Å². The second kappa shape index (κ2) is 7.80. The van der Waals surface area contributed by atoms with E-state index in [1.807, 2.05) is 18.3 Å². The van der Waals surface area contributed by atoms with E-state index in [1.165, 1.54) is 11.3 Å². The summed E-state index contributed by atoms with van der Waals surface area (Å²) in [5.74, 6) is 2.25. The summed E-state index contributed by atoms with van der Waals surface area (Å²) in [7, 11) is 0. The molecule has 7 heteroatoms. The van der Waals surface area contributed by atoms with Gasteiger partial charge in [0.25, 0.3) is 0 Å². The average Bonchev–Trinajstić information content (AvgIpc) is 3.10. The Bertz CT molecular complexity index is 1180. The van der Waals surface area contributed by atoms with Gasteiger partial charge in [-0.25, -0.2) is 9.97 Å². The van der Waals surface area contributed by atoms with Crippen molar-refractivity contribution >= 4 is 34.7 Å². The topological polar surface area (TPSA) is 83.7 Å². The van der Waals surface area contributed by atoms with Crippen LogP contribution in [-0.2, 0) is 6.42 Å². The molecule has 2 aliphatic rings. The number of aryl methyl sites for hydroxylation is 3. The van der Waals surface area contributed by atoms with Crippen molar-refractivity contribution in [1.29, 1.82) is 0 Å². The van der Waals surface area contributed by atoms with E-state index in [-0.39, 0.29) is 0 Å². The van der Waals surface area contributed by atoms with Gasteiger partial charge in [-0.2, -0.15) is 0 Å². The summed E-state index contributed by atoms with van der Waals surface area (Å²) in [4.78, 5) is 21.4. The molecular formula is C24H28N6S. The van der Waals surface area contributed by atoms with Crippen LogP contribution in [0.4, 0.5) is 5.82 Å². The first-order valence-electron chi connectivity index (χ1n) is 10.8. The van der Waals surface area contributed by atoms with E-state index >= 15 is 0 Å². The van der Waals surface area contributed by atoms with Crippen molar-refractivity contribution in [2.75, 3.05) is 18.0 Å². The fraction of sp³-hybridized carbons (Fsp3) is 0.375. The standard InChI is InChI=1S/C24H28N6S/c1-5-7-8-19-13(3)9-15(10-26-19)31-24-28-22-20(14(4)18(6-2)27-22)23(29-24)30-11-16-17(12-30)21(16)25/h5,7-10,16-17,21H,1,6,11-12,25H2,2-4H3,(H,27,28,29)/b8-7-. The van der Waals surface area contributed by atoms with Gasteiger partial charge >= 0.3 is 0 Å². The summed E-state index contributed by atoms with van der Waals surface area (Å²) in [6.45, 7) is 12.1. The molecule has 0 aromatic carbocycles. The predicted molar refractivity (Wildman–Crippen MR) is 128 cm³/mol. The minimum Gasteiger partial charge on any atom is -0.355 e. The van der Waals surface area contributed by atoms with E-state index in [0.29, 0.717) is 17.9 Å². The van der Waals surface area contributed by atoms with Crippen LogP contribution in [0.3, 0.4) is 0 Å². The van der Waals surface area contributed by atoms with Crippen LogP contribution in [0.2, 0.25) is 0 Å². The molecule has 4 heterocycles. The van der Waals surface area contributed by atoms with Crippen molar-refractivity contribution in [2.45, 2.75) is 43.3 Å². The zero-order valence-electron chi connectivity index (χ0n) is 18.2. The van der Waals surface area contributed by atoms with Gasteiger partial charge in [0.05, 0.1) is 11.1 Å². The Kier molecular flexibility index (Phi) is 5.10. The Balaban J connectivity index is 1.51. The van der Waals surface area contributed by atoms with Crippen molar-refractivity contribution < 1.29 is 0 Å². The van der Waals surface area contributed by atoms with Gasteiger partial charge in [0.2, 0.25) is 0 Å². The largest absolute Gasteiger partial charge is 0.355 e. The molecule has 2 atom stereocenters. The van der Waals surface area contributed by atoms with Crippen molar-refractivity contribution in [3.8, 4) is 0 Å². The first-order chi connectivity index (χ1) is 15.0. The van der Waals surface area contributed by atoms with E-state index < -0.39 is 0 Å². The summed E-state index contributed by atoms with van der Waals surface area (Å²) < 4.78 is 0. The van der Waals surface area contributed by atoms with E-state index in [1.54, 1.807) is 17.8 Å². The molecule has 1 saturated carbocycles. The maximum atomic E-state index is 6.18. The molecule has 3 aromatic rings. The lowest BCUT2D eigenvalue weighted by molar-refractivity contribution is 0.732. The summed E-state index contributed by atoms with van der Waals surface area (Å²) in [5, 5.41) is 1.89. The second-order valence-electron chi connectivity index (χ2n) is 8.52. The quantitative estimate of drug-likeness (QED) is 0.447. The second-order valence-corrected chi connectivity index (χ2v) is 9.56. The molecule has 31 heavy (non-hydrogen) atoms. The summed E-state index contributed by atoms with van der Waals surface area (Å²) in [5.41, 5.74) is 11.6. The minimum absolute atomic E-state index is 0.364. The Hall–Kier alpha value is -2.64. The first-order valence-corrected chi connectivity index (χ1v) is 11.6. The average molecular weight is 433 g/mol. The minimum atomic E-state index is 0.364. The number of fused-ring (bicyclic) bond motifs is 2. The summed E-state index contributed by atoms with van der Waals surface area (Å²) in [6, 6.07) is 2.50. The fourth-order valence-electron chi connectivity index (χ4n) is 4.68. The number of aromatic amines is 1. The van der Waals surface area contributed by atoms with Gasteiger partial charge in [-0.15, -0.1) is 0 Å². The van der Waals surface area contributed by atoms with Crippen LogP contribution in [0.25, 0.3) is 17.1 Å². The Morgan fingerprint density at radius 3 is 2.74 bits per heavy atom. The molecule has 1 aliphatic heterocycles. The maximum absolute atomic E-state index is 6.18. The third-order valence-corrected chi connectivity index (χ3v) is 7.40. The third kappa shape index (κ3) is 3.55. The van der Waals surface area contributed by atoms with Crippen molar-refractivity contribution in [3.63, 3.8) is 0 Å². The van der Waals surface area contributed by atoms with E-state index in [4.69, 9.17) is 15.7 Å². The van der Waals surface area contributed by atoms with E-state index in [0.717, 1.165) is 57.7 Å². The van der Waals surface area contributed by atoms with Gasteiger partial charge in [-0.05, 0) is 67.1 Å². The lowest BCUT2D eigenvalue weighted by atomic mass is 10.1.